The summed E-state index contributed by atoms with van der Waals surface area (Å²) < 4.78 is 9.33. The summed E-state index contributed by atoms with van der Waals surface area (Å²) in [4.78, 5) is 2.57. The minimum atomic E-state index is -2.84. The number of rotatable bonds is 3. The van der Waals surface area contributed by atoms with E-state index in [1.165, 1.54) is 85.0 Å². The molecule has 2 aliphatic heterocycles. The first kappa shape index (κ1) is 30.9. The van der Waals surface area contributed by atoms with E-state index >= 15 is 0 Å². The van der Waals surface area contributed by atoms with Crippen LogP contribution in [0.5, 0.6) is 11.5 Å². The largest absolute Gasteiger partial charge is 0.458 e. The number of anilines is 3. The van der Waals surface area contributed by atoms with Gasteiger partial charge >= 0.3 is 0 Å². The molecule has 0 aliphatic carbocycles. The number of hydrogen-bond donors (Lipinski definition) is 0. The van der Waals surface area contributed by atoms with Crippen LogP contribution >= 0.6 is 11.3 Å². The van der Waals surface area contributed by atoms with Gasteiger partial charge in [-0.25, -0.2) is 0 Å². The van der Waals surface area contributed by atoms with Gasteiger partial charge in [-0.2, -0.15) is 0 Å². The van der Waals surface area contributed by atoms with Gasteiger partial charge in [0.25, 0.3) is 0 Å². The van der Waals surface area contributed by atoms with Crippen molar-refractivity contribution in [1.82, 2.24) is 0 Å². The Balaban J connectivity index is 1.19. The number of nitrogens with zero attached hydrogens (tertiary/aromatic N) is 1. The van der Waals surface area contributed by atoms with Crippen molar-refractivity contribution in [3.63, 3.8) is 0 Å². The fourth-order valence-corrected chi connectivity index (χ4v) is 16.4. The Labute approximate surface area is 324 Å². The van der Waals surface area contributed by atoms with Gasteiger partial charge in [0.2, 0.25) is 0 Å². The molecule has 2 nitrogen and oxygen atoms in total. The molecule has 10 aromatic rings. The summed E-state index contributed by atoms with van der Waals surface area (Å²) in [6.45, 7) is 0. The van der Waals surface area contributed by atoms with Crippen molar-refractivity contribution in [1.29, 1.82) is 0 Å². The monoisotopic (exact) mass is 735 g/mol. The molecule has 0 fully saturated rings. The second kappa shape index (κ2) is 11.8. The number of hydrogen-bond acceptors (Lipinski definition) is 3. The maximum absolute atomic E-state index is 6.73. The van der Waals surface area contributed by atoms with Gasteiger partial charge in [-0.15, -0.1) is 11.3 Å². The van der Waals surface area contributed by atoms with E-state index in [-0.39, 0.29) is 0 Å². The summed E-state index contributed by atoms with van der Waals surface area (Å²) >= 11 is 1.89. The van der Waals surface area contributed by atoms with Crippen LogP contribution in [0.3, 0.4) is 0 Å². The van der Waals surface area contributed by atoms with Crippen molar-refractivity contribution in [2.24, 2.45) is 0 Å². The van der Waals surface area contributed by atoms with E-state index in [2.05, 4.69) is 193 Å². The van der Waals surface area contributed by atoms with E-state index in [1.54, 1.807) is 0 Å². The highest BCUT2D eigenvalue weighted by Crippen LogP contribution is 2.47. The Morgan fingerprint density at radius 3 is 1.93 bits per heavy atom. The highest BCUT2D eigenvalue weighted by atomic mass is 32.1. The SMILES string of the molecule is c1ccc2c(c1)Cc1c(N(c3ccc4c(ccc5ccccc54)c3)c3cccc4c3sc3ccccc34)cccc1[Si]21c2ccccc2Oc2ccccc21. The molecular formula is C51H33NOSSi. The third-order valence-electron chi connectivity index (χ3n) is 12.0. The average molecular weight is 736 g/mol. The third-order valence-corrected chi connectivity index (χ3v) is 18.2. The lowest BCUT2D eigenvalue weighted by atomic mass is 9.98. The van der Waals surface area contributed by atoms with Crippen LogP contribution in [0.2, 0.25) is 0 Å². The zero-order valence-electron chi connectivity index (χ0n) is 29.9. The molecule has 12 rings (SSSR count). The maximum atomic E-state index is 6.73. The van der Waals surface area contributed by atoms with Crippen LogP contribution in [0, 0.1) is 0 Å². The van der Waals surface area contributed by atoms with E-state index in [0.29, 0.717) is 0 Å². The standard InChI is InChI=1S/C51H33NOSSi/c1-3-15-37-33(13-1)27-28-34-31-36(29-30-38(34)37)52(43-19-11-17-40-39-16-4-7-22-46(39)54-51(40)43)42-18-12-26-48-41(42)32-35-14-2-8-23-47(35)55(48)49-24-9-5-20-44(49)53-45-21-6-10-25-50(45)55/h1-31H,32H2. The van der Waals surface area contributed by atoms with Gasteiger partial charge in [0.15, 0.2) is 8.07 Å². The van der Waals surface area contributed by atoms with Crippen molar-refractivity contribution in [2.45, 2.75) is 6.42 Å². The van der Waals surface area contributed by atoms with Gasteiger partial charge in [-0.1, -0.05) is 146 Å². The number of ether oxygens (including phenoxy) is 1. The normalized spacial score (nSPS) is 13.7. The molecule has 1 spiro atoms. The highest BCUT2D eigenvalue weighted by molar-refractivity contribution is 7.26. The molecule has 4 heteroatoms. The first-order valence-electron chi connectivity index (χ1n) is 19.0. The molecule has 2 aliphatic rings. The number of thiophene rings is 1. The molecule has 1 aromatic heterocycles. The molecule has 0 atom stereocenters. The molecule has 0 unspecified atom stereocenters. The zero-order valence-corrected chi connectivity index (χ0v) is 31.7. The molecule has 0 saturated carbocycles. The Hall–Kier alpha value is -6.46. The second-order valence-corrected chi connectivity index (χ2v) is 19.5. The maximum Gasteiger partial charge on any atom is 0.188 e. The summed E-state index contributed by atoms with van der Waals surface area (Å²) in [5, 5.41) is 13.2. The molecular weight excluding hydrogens is 703 g/mol. The molecule has 3 heterocycles. The van der Waals surface area contributed by atoms with Gasteiger partial charge in [-0.05, 0) is 102 Å². The van der Waals surface area contributed by atoms with Crippen LogP contribution in [-0.2, 0) is 6.42 Å². The Morgan fingerprint density at radius 2 is 1.07 bits per heavy atom. The van der Waals surface area contributed by atoms with Crippen LogP contribution < -0.4 is 30.4 Å². The molecule has 0 N–H and O–H groups in total. The predicted octanol–water partition coefficient (Wildman–Crippen LogP) is 11.2. The lowest BCUT2D eigenvalue weighted by Gasteiger charge is -2.44. The topological polar surface area (TPSA) is 12.5 Å². The van der Waals surface area contributed by atoms with Gasteiger partial charge in [0.1, 0.15) is 11.5 Å². The van der Waals surface area contributed by atoms with Crippen LogP contribution in [0.4, 0.5) is 17.1 Å². The van der Waals surface area contributed by atoms with Gasteiger partial charge < -0.3 is 9.64 Å². The molecule has 258 valence electrons. The van der Waals surface area contributed by atoms with Gasteiger partial charge in [-0.3, -0.25) is 0 Å². The number of para-hydroxylation sites is 2. The quantitative estimate of drug-likeness (QED) is 0.132. The highest BCUT2D eigenvalue weighted by Gasteiger charge is 2.52. The summed E-state index contributed by atoms with van der Waals surface area (Å²) in [6.07, 6.45) is 0.846. The molecule has 0 saturated heterocycles. The fraction of sp³-hybridized carbons (Fsp3) is 0.0196. The number of fused-ring (bicyclic) bond motifs is 14. The molecule has 0 amide bonds. The predicted molar refractivity (Wildman–Crippen MR) is 236 cm³/mol. The second-order valence-electron chi connectivity index (χ2n) is 14.8. The van der Waals surface area contributed by atoms with E-state index < -0.39 is 8.07 Å². The molecule has 55 heavy (non-hydrogen) atoms. The van der Waals surface area contributed by atoms with Gasteiger partial charge in [0, 0.05) is 26.8 Å². The summed E-state index contributed by atoms with van der Waals surface area (Å²) in [7, 11) is -2.84. The third kappa shape index (κ3) is 4.35. The van der Waals surface area contributed by atoms with E-state index in [9.17, 15) is 0 Å². The molecule has 0 radical (unpaired) electrons. The minimum absolute atomic E-state index is 0.846. The first-order valence-corrected chi connectivity index (χ1v) is 21.8. The smallest absolute Gasteiger partial charge is 0.188 e. The van der Waals surface area contributed by atoms with E-state index in [1.807, 2.05) is 11.3 Å². The van der Waals surface area contributed by atoms with E-state index in [0.717, 1.165) is 23.6 Å². The summed E-state index contributed by atoms with van der Waals surface area (Å²) in [5.74, 6) is 1.93. The van der Waals surface area contributed by atoms with Crippen molar-refractivity contribution in [3.05, 3.63) is 199 Å². The molecule has 0 bridgehead atoms. The van der Waals surface area contributed by atoms with Gasteiger partial charge in [0.05, 0.1) is 10.4 Å². The van der Waals surface area contributed by atoms with E-state index in [4.69, 9.17) is 4.74 Å². The van der Waals surface area contributed by atoms with Crippen molar-refractivity contribution >= 4 is 98.9 Å². The van der Waals surface area contributed by atoms with Crippen molar-refractivity contribution < 1.29 is 4.74 Å². The summed E-state index contributed by atoms with van der Waals surface area (Å²) in [5.41, 5.74) is 6.37. The van der Waals surface area contributed by atoms with Crippen LogP contribution in [0.25, 0.3) is 41.7 Å². The Morgan fingerprint density at radius 1 is 0.455 bits per heavy atom. The van der Waals surface area contributed by atoms with Crippen LogP contribution in [0.1, 0.15) is 11.1 Å². The van der Waals surface area contributed by atoms with Crippen LogP contribution in [0.15, 0.2) is 188 Å². The Kier molecular flexibility index (Phi) is 6.62. The lowest BCUT2D eigenvalue weighted by Crippen LogP contribution is -2.78. The number of benzene rings is 9. The minimum Gasteiger partial charge on any atom is -0.458 e. The fourth-order valence-electron chi connectivity index (χ4n) is 9.73. The van der Waals surface area contributed by atoms with Crippen molar-refractivity contribution in [2.75, 3.05) is 4.90 Å². The summed E-state index contributed by atoms with van der Waals surface area (Å²) in [6, 6.07) is 69.9. The Bertz CT molecular complexity index is 3140. The zero-order chi connectivity index (χ0) is 36.1. The molecule has 9 aromatic carbocycles. The lowest BCUT2D eigenvalue weighted by molar-refractivity contribution is 0.487. The van der Waals surface area contributed by atoms with Crippen LogP contribution in [-0.4, -0.2) is 8.07 Å². The first-order chi connectivity index (χ1) is 27.3. The average Bonchev–Trinajstić information content (AvgIpc) is 3.63. The van der Waals surface area contributed by atoms with Crippen molar-refractivity contribution in [3.8, 4) is 11.5 Å².